The number of carbonyl (C=O) groups is 1. The van der Waals surface area contributed by atoms with Crippen LogP contribution >= 0.6 is 11.6 Å². The lowest BCUT2D eigenvalue weighted by atomic mass is 10.1. The molecule has 0 radical (unpaired) electrons. The number of fused-ring (bicyclic) bond motifs is 1. The maximum absolute atomic E-state index is 10.4. The van der Waals surface area contributed by atoms with Crippen LogP contribution in [0.15, 0.2) is 6.07 Å². The van der Waals surface area contributed by atoms with E-state index in [1.165, 1.54) is 0 Å². The van der Waals surface area contributed by atoms with Crippen molar-refractivity contribution in [3.8, 4) is 11.5 Å². The normalized spacial score (nSPS) is 13.0. The Morgan fingerprint density at radius 2 is 2.36 bits per heavy atom. The smallest absolute Gasteiger partial charge is 0.231 e. The van der Waals surface area contributed by atoms with Crippen molar-refractivity contribution in [1.29, 1.82) is 0 Å². The van der Waals surface area contributed by atoms with Crippen LogP contribution in [0.1, 0.15) is 11.1 Å². The van der Waals surface area contributed by atoms with E-state index in [1.807, 2.05) is 6.92 Å². The molecule has 0 saturated carbocycles. The highest BCUT2D eigenvalue weighted by Crippen LogP contribution is 2.42. The highest BCUT2D eigenvalue weighted by molar-refractivity contribution is 6.33. The Kier molecular flexibility index (Phi) is 2.33. The van der Waals surface area contributed by atoms with Gasteiger partial charge in [-0.1, -0.05) is 11.6 Å². The first-order valence-corrected chi connectivity index (χ1v) is 4.63. The Bertz CT molecular complexity index is 387. The quantitative estimate of drug-likeness (QED) is 0.705. The number of benzene rings is 1. The van der Waals surface area contributed by atoms with Gasteiger partial charge in [0.05, 0.1) is 5.02 Å². The van der Waals surface area contributed by atoms with E-state index in [0.29, 0.717) is 22.9 Å². The molecule has 0 spiro atoms. The summed E-state index contributed by atoms with van der Waals surface area (Å²) in [6, 6.07) is 1.80. The van der Waals surface area contributed by atoms with E-state index in [-0.39, 0.29) is 6.79 Å². The molecule has 1 aliphatic rings. The molecule has 2 rings (SSSR count). The maximum atomic E-state index is 10.4. The molecule has 0 N–H and O–H groups in total. The van der Waals surface area contributed by atoms with Gasteiger partial charge in [0.1, 0.15) is 6.29 Å². The van der Waals surface area contributed by atoms with E-state index in [4.69, 9.17) is 21.1 Å². The van der Waals surface area contributed by atoms with E-state index >= 15 is 0 Å². The molecule has 1 heterocycles. The number of carbonyl (C=O) groups excluding carboxylic acids is 1. The summed E-state index contributed by atoms with van der Waals surface area (Å²) in [6.07, 6.45) is 1.20. The zero-order valence-corrected chi connectivity index (χ0v) is 8.43. The summed E-state index contributed by atoms with van der Waals surface area (Å²) >= 11 is 6.06. The molecular weight excluding hydrogens is 204 g/mol. The first-order valence-electron chi connectivity index (χ1n) is 4.25. The molecule has 0 fully saturated rings. The van der Waals surface area contributed by atoms with Crippen molar-refractivity contribution in [3.63, 3.8) is 0 Å². The molecular formula is C10H9ClO3. The van der Waals surface area contributed by atoms with Gasteiger partial charge in [-0.05, 0) is 24.1 Å². The van der Waals surface area contributed by atoms with Crippen LogP contribution in [0.25, 0.3) is 0 Å². The van der Waals surface area contributed by atoms with Crippen LogP contribution < -0.4 is 9.47 Å². The van der Waals surface area contributed by atoms with Gasteiger partial charge in [0.15, 0.2) is 11.5 Å². The number of hydrogen-bond donors (Lipinski definition) is 0. The molecule has 74 valence electrons. The Morgan fingerprint density at radius 3 is 3.07 bits per heavy atom. The van der Waals surface area contributed by atoms with Gasteiger partial charge in [0.25, 0.3) is 0 Å². The van der Waals surface area contributed by atoms with E-state index in [9.17, 15) is 4.79 Å². The maximum Gasteiger partial charge on any atom is 0.231 e. The van der Waals surface area contributed by atoms with Crippen LogP contribution in [0.4, 0.5) is 0 Å². The first-order chi connectivity index (χ1) is 6.74. The van der Waals surface area contributed by atoms with Crippen molar-refractivity contribution in [2.45, 2.75) is 13.3 Å². The summed E-state index contributed by atoms with van der Waals surface area (Å²) in [6.45, 7) is 2.06. The minimum absolute atomic E-state index is 0.193. The minimum atomic E-state index is 0.193. The van der Waals surface area contributed by atoms with Crippen molar-refractivity contribution in [2.75, 3.05) is 6.79 Å². The molecule has 0 amide bonds. The van der Waals surface area contributed by atoms with Crippen molar-refractivity contribution in [1.82, 2.24) is 0 Å². The third-order valence-corrected chi connectivity index (χ3v) is 2.72. The second-order valence-corrected chi connectivity index (χ2v) is 3.46. The fraction of sp³-hybridized carbons (Fsp3) is 0.300. The number of rotatable bonds is 2. The van der Waals surface area contributed by atoms with Crippen LogP contribution in [0, 0.1) is 6.92 Å². The van der Waals surface area contributed by atoms with Gasteiger partial charge in [-0.3, -0.25) is 0 Å². The molecule has 1 aliphatic heterocycles. The molecule has 1 aromatic rings. The summed E-state index contributed by atoms with van der Waals surface area (Å²) < 4.78 is 10.4. The highest BCUT2D eigenvalue weighted by atomic mass is 35.5. The van der Waals surface area contributed by atoms with Crippen LogP contribution in [0.3, 0.4) is 0 Å². The van der Waals surface area contributed by atoms with Crippen LogP contribution in [0.2, 0.25) is 5.02 Å². The summed E-state index contributed by atoms with van der Waals surface area (Å²) in [5.74, 6) is 1.20. The molecule has 1 aromatic carbocycles. The number of hydrogen-bond acceptors (Lipinski definition) is 3. The summed E-state index contributed by atoms with van der Waals surface area (Å²) in [5, 5.41) is 0.539. The van der Waals surface area contributed by atoms with Gasteiger partial charge in [0, 0.05) is 6.42 Å². The van der Waals surface area contributed by atoms with Gasteiger partial charge in [0.2, 0.25) is 6.79 Å². The Morgan fingerprint density at radius 1 is 1.57 bits per heavy atom. The predicted octanol–water partition coefficient (Wildman–Crippen LogP) is 2.12. The van der Waals surface area contributed by atoms with Crippen molar-refractivity contribution >= 4 is 17.9 Å². The zero-order chi connectivity index (χ0) is 10.1. The minimum Gasteiger partial charge on any atom is -0.454 e. The lowest BCUT2D eigenvalue weighted by Crippen LogP contribution is -1.93. The third-order valence-electron chi connectivity index (χ3n) is 2.26. The van der Waals surface area contributed by atoms with Gasteiger partial charge in [-0.2, -0.15) is 0 Å². The van der Waals surface area contributed by atoms with Crippen molar-refractivity contribution < 1.29 is 14.3 Å². The third kappa shape index (κ3) is 1.34. The van der Waals surface area contributed by atoms with Gasteiger partial charge in [-0.15, -0.1) is 0 Å². The van der Waals surface area contributed by atoms with E-state index in [1.54, 1.807) is 6.07 Å². The highest BCUT2D eigenvalue weighted by Gasteiger charge is 2.20. The SMILES string of the molecule is Cc1c(CC=O)cc2c(c1Cl)OCO2. The molecule has 3 nitrogen and oxygen atoms in total. The van der Waals surface area contributed by atoms with E-state index in [0.717, 1.165) is 17.4 Å². The molecule has 0 saturated heterocycles. The molecule has 4 heteroatoms. The molecule has 14 heavy (non-hydrogen) atoms. The second-order valence-electron chi connectivity index (χ2n) is 3.08. The lowest BCUT2D eigenvalue weighted by Gasteiger charge is -2.07. The Balaban J connectivity index is 2.54. The van der Waals surface area contributed by atoms with Crippen LogP contribution in [0.5, 0.6) is 11.5 Å². The summed E-state index contributed by atoms with van der Waals surface area (Å²) in [7, 11) is 0. The van der Waals surface area contributed by atoms with Crippen molar-refractivity contribution in [2.24, 2.45) is 0 Å². The average Bonchev–Trinajstić information content (AvgIpc) is 2.62. The molecule has 0 aromatic heterocycles. The topological polar surface area (TPSA) is 35.5 Å². The van der Waals surface area contributed by atoms with Crippen molar-refractivity contribution in [3.05, 3.63) is 22.2 Å². The Labute approximate surface area is 86.6 Å². The lowest BCUT2D eigenvalue weighted by molar-refractivity contribution is -0.107. The van der Waals surface area contributed by atoms with Crippen LogP contribution in [-0.4, -0.2) is 13.1 Å². The molecule has 0 atom stereocenters. The Hall–Kier alpha value is -1.22. The van der Waals surface area contributed by atoms with Gasteiger partial charge >= 0.3 is 0 Å². The monoisotopic (exact) mass is 212 g/mol. The van der Waals surface area contributed by atoms with Gasteiger partial charge < -0.3 is 14.3 Å². The number of aldehydes is 1. The second kappa shape index (κ2) is 3.50. The van der Waals surface area contributed by atoms with Crippen LogP contribution in [-0.2, 0) is 11.2 Å². The standard InChI is InChI=1S/C10H9ClO3/c1-6-7(2-3-12)4-8-10(9(6)11)14-5-13-8/h3-4H,2,5H2,1H3. The largest absolute Gasteiger partial charge is 0.454 e. The fourth-order valence-corrected chi connectivity index (χ4v) is 1.72. The predicted molar refractivity (Wildman–Crippen MR) is 52.1 cm³/mol. The number of ether oxygens (including phenoxy) is 2. The summed E-state index contributed by atoms with van der Waals surface area (Å²) in [4.78, 5) is 10.4. The number of halogens is 1. The molecule has 0 unspecified atom stereocenters. The first kappa shape index (κ1) is 9.34. The fourth-order valence-electron chi connectivity index (χ4n) is 1.45. The zero-order valence-electron chi connectivity index (χ0n) is 7.67. The average molecular weight is 213 g/mol. The molecule has 0 aliphatic carbocycles. The summed E-state index contributed by atoms with van der Waals surface area (Å²) in [5.41, 5.74) is 1.76. The van der Waals surface area contributed by atoms with E-state index in [2.05, 4.69) is 0 Å². The van der Waals surface area contributed by atoms with Gasteiger partial charge in [-0.25, -0.2) is 0 Å². The van der Waals surface area contributed by atoms with E-state index < -0.39 is 0 Å². The molecule has 0 bridgehead atoms.